The molecule has 308 valence electrons. The van der Waals surface area contributed by atoms with Crippen LogP contribution in [0.2, 0.25) is 5.02 Å². The average Bonchev–Trinajstić information content (AvgIpc) is 3.13. The Morgan fingerprint density at radius 2 is 1.60 bits per heavy atom. The molecule has 0 saturated heterocycles. The summed E-state index contributed by atoms with van der Waals surface area (Å²) in [5.74, 6) is 1.11. The second-order valence-electron chi connectivity index (χ2n) is 13.0. The topological polar surface area (TPSA) is 255 Å². The number of fused-ring (bicyclic) bond motifs is 1. The smallest absolute Gasteiger partial charge is 0.345 e. The number of carbonyl (C=O) groups excluding carboxylic acids is 1. The monoisotopic (exact) mass is 833 g/mol. The van der Waals surface area contributed by atoms with Crippen molar-refractivity contribution in [3.05, 3.63) is 106 Å². The Morgan fingerprint density at radius 3 is 2.16 bits per heavy atom. The normalized spacial score (nSPS) is 15.2. The second kappa shape index (κ2) is 20.1. The minimum Gasteiger partial charge on any atom is -0.480 e. The standard InChI is InChI=1S/C22H28N2O5.C12H9ClN2O3.C3H8NO5P/c1-21(2)14-22(3,26-5)29-19-13-17(11-12-18(19)21)28-16-9-7-15(8-10-16)23-20(25)24(4)27-6;13-11-10(18-8-4-2-1-3-5-8)7-6-9(12(11)14)15(16)17;5-3(6)1-4-2-10(7,8)9/h7-13H,14H2,1-6H3,(H,23,25);1-7H,14H2;4H,1-2H2,(H,5,6)(H2,7,8,9). The van der Waals surface area contributed by atoms with Gasteiger partial charge < -0.3 is 44.9 Å². The fourth-order valence-corrected chi connectivity index (χ4v) is 5.84. The number of nitrogen functional groups attached to an aromatic ring is 1. The van der Waals surface area contributed by atoms with Crippen LogP contribution >= 0.6 is 19.2 Å². The number of amides is 2. The highest BCUT2D eigenvalue weighted by atomic mass is 35.5. The van der Waals surface area contributed by atoms with Crippen LogP contribution in [0, 0.1) is 10.1 Å². The van der Waals surface area contributed by atoms with Crippen LogP contribution in [0.25, 0.3) is 0 Å². The molecule has 1 aliphatic heterocycles. The van der Waals surface area contributed by atoms with Crippen molar-refractivity contribution in [3.63, 3.8) is 0 Å². The summed E-state index contributed by atoms with van der Waals surface area (Å²) in [4.78, 5) is 52.9. The first-order valence-electron chi connectivity index (χ1n) is 16.8. The number of nitro groups is 1. The first-order chi connectivity index (χ1) is 26.7. The fraction of sp³-hybridized carbons (Fsp3) is 0.297. The maximum absolute atomic E-state index is 11.8. The molecule has 1 aliphatic rings. The van der Waals surface area contributed by atoms with E-state index in [1.165, 1.54) is 26.3 Å². The summed E-state index contributed by atoms with van der Waals surface area (Å²) in [5.41, 5.74) is 6.93. The summed E-state index contributed by atoms with van der Waals surface area (Å²) in [6.07, 6.45) is 0.161. The van der Waals surface area contributed by atoms with Crippen molar-refractivity contribution in [1.29, 1.82) is 0 Å². The number of hydrogen-bond acceptors (Lipinski definition) is 12. The Morgan fingerprint density at radius 1 is 0.982 bits per heavy atom. The third-order valence-electron chi connectivity index (χ3n) is 7.99. The minimum absolute atomic E-state index is 0.0352. The Bertz CT molecular complexity index is 2050. The lowest BCUT2D eigenvalue weighted by Crippen LogP contribution is -2.45. The molecule has 2 amide bonds. The molecule has 0 radical (unpaired) electrons. The molecule has 1 unspecified atom stereocenters. The van der Waals surface area contributed by atoms with Crippen molar-refractivity contribution in [2.75, 3.05) is 45.1 Å². The lowest BCUT2D eigenvalue weighted by atomic mass is 9.76. The van der Waals surface area contributed by atoms with Gasteiger partial charge in [0.25, 0.3) is 5.69 Å². The van der Waals surface area contributed by atoms with E-state index in [1.807, 2.05) is 31.2 Å². The number of benzene rings is 4. The van der Waals surface area contributed by atoms with Crippen LogP contribution in [0.4, 0.5) is 21.9 Å². The summed E-state index contributed by atoms with van der Waals surface area (Å²) < 4.78 is 33.2. The minimum atomic E-state index is -4.10. The van der Waals surface area contributed by atoms with Gasteiger partial charge >= 0.3 is 19.6 Å². The molecule has 4 aromatic carbocycles. The number of ether oxygens (including phenoxy) is 4. The molecular weight excluding hydrogens is 789 g/mol. The van der Waals surface area contributed by atoms with Crippen molar-refractivity contribution in [2.45, 2.75) is 38.4 Å². The van der Waals surface area contributed by atoms with E-state index in [-0.39, 0.29) is 33.6 Å². The zero-order valence-corrected chi connectivity index (χ0v) is 33.6. The van der Waals surface area contributed by atoms with Crippen LogP contribution in [0.3, 0.4) is 0 Å². The van der Waals surface area contributed by atoms with Gasteiger partial charge in [0.05, 0.1) is 24.9 Å². The molecule has 18 nitrogen and oxygen atoms in total. The number of carboxylic acids is 1. The number of anilines is 2. The van der Waals surface area contributed by atoms with Gasteiger partial charge in [-0.3, -0.25) is 29.6 Å². The lowest BCUT2D eigenvalue weighted by Gasteiger charge is -2.43. The molecule has 1 atom stereocenters. The maximum Gasteiger partial charge on any atom is 0.345 e. The molecule has 0 saturated carbocycles. The fourth-order valence-electron chi connectivity index (χ4n) is 5.24. The van der Waals surface area contributed by atoms with Crippen molar-refractivity contribution < 1.29 is 57.8 Å². The number of nitrogens with zero attached hydrogens (tertiary/aromatic N) is 2. The molecular formula is C37H45ClN5O13P. The molecule has 0 bridgehead atoms. The predicted octanol–water partition coefficient (Wildman–Crippen LogP) is 7.35. The molecule has 0 fully saturated rings. The van der Waals surface area contributed by atoms with Crippen LogP contribution in [0.1, 0.15) is 32.8 Å². The second-order valence-corrected chi connectivity index (χ2v) is 15.0. The Labute approximate surface area is 333 Å². The predicted molar refractivity (Wildman–Crippen MR) is 212 cm³/mol. The summed E-state index contributed by atoms with van der Waals surface area (Å²) in [6, 6.07) is 24.2. The lowest BCUT2D eigenvalue weighted by molar-refractivity contribution is -0.383. The zero-order valence-electron chi connectivity index (χ0n) is 31.9. The average molecular weight is 834 g/mol. The number of hydrogen-bond donors (Lipinski definition) is 6. The number of urea groups is 1. The molecule has 0 aromatic heterocycles. The van der Waals surface area contributed by atoms with Crippen LogP contribution in [-0.2, 0) is 24.3 Å². The maximum atomic E-state index is 11.8. The van der Waals surface area contributed by atoms with Gasteiger partial charge in [-0.25, -0.2) is 9.86 Å². The van der Waals surface area contributed by atoms with Crippen LogP contribution < -0.4 is 30.6 Å². The van der Waals surface area contributed by atoms with Gasteiger partial charge in [-0.15, -0.1) is 0 Å². The molecule has 20 heteroatoms. The van der Waals surface area contributed by atoms with Crippen LogP contribution in [-0.4, -0.2) is 76.8 Å². The number of rotatable bonds is 12. The number of aliphatic carboxylic acids is 1. The van der Waals surface area contributed by atoms with Gasteiger partial charge in [0.1, 0.15) is 39.5 Å². The Hall–Kier alpha value is -5.46. The number of carbonyl (C=O) groups is 2. The van der Waals surface area contributed by atoms with Crippen LogP contribution in [0.15, 0.2) is 84.9 Å². The van der Waals surface area contributed by atoms with E-state index in [0.717, 1.165) is 22.8 Å². The molecule has 57 heavy (non-hydrogen) atoms. The molecule has 1 heterocycles. The highest BCUT2D eigenvalue weighted by molar-refractivity contribution is 7.51. The quantitative estimate of drug-likeness (QED) is 0.0353. The van der Waals surface area contributed by atoms with E-state index in [9.17, 15) is 24.3 Å². The summed E-state index contributed by atoms with van der Waals surface area (Å²) in [5, 5.41) is 24.6. The molecule has 0 spiro atoms. The van der Waals surface area contributed by atoms with E-state index in [4.69, 9.17) is 56.0 Å². The number of nitrogens with one attached hydrogen (secondary N) is 2. The van der Waals surface area contributed by atoms with Gasteiger partial charge in [0, 0.05) is 50.9 Å². The van der Waals surface area contributed by atoms with Gasteiger partial charge in [0.15, 0.2) is 0 Å². The number of hydroxylamine groups is 2. The van der Waals surface area contributed by atoms with Crippen molar-refractivity contribution in [1.82, 2.24) is 10.4 Å². The third kappa shape index (κ3) is 14.2. The number of carboxylic acid groups (broad SMARTS) is 1. The largest absolute Gasteiger partial charge is 0.480 e. The van der Waals surface area contributed by atoms with E-state index < -0.39 is 37.1 Å². The molecule has 4 aromatic rings. The van der Waals surface area contributed by atoms with Crippen molar-refractivity contribution >= 4 is 48.3 Å². The van der Waals surface area contributed by atoms with Gasteiger partial charge in [-0.2, -0.15) is 0 Å². The first-order valence-corrected chi connectivity index (χ1v) is 19.0. The number of para-hydroxylation sites is 1. The summed E-state index contributed by atoms with van der Waals surface area (Å²) >= 11 is 5.94. The van der Waals surface area contributed by atoms with Crippen molar-refractivity contribution in [3.8, 4) is 28.7 Å². The van der Waals surface area contributed by atoms with Gasteiger partial charge in [-0.05, 0) is 53.9 Å². The van der Waals surface area contributed by atoms with E-state index >= 15 is 0 Å². The molecule has 7 N–H and O–H groups in total. The van der Waals surface area contributed by atoms with Gasteiger partial charge in [0.2, 0.25) is 5.79 Å². The third-order valence-corrected chi connectivity index (χ3v) is 9.01. The van der Waals surface area contributed by atoms with E-state index in [2.05, 4.69) is 24.5 Å². The van der Waals surface area contributed by atoms with Gasteiger partial charge in [-0.1, -0.05) is 49.7 Å². The number of nitrogens with two attached hydrogens (primary N) is 1. The van der Waals surface area contributed by atoms with Crippen molar-refractivity contribution in [2.24, 2.45) is 0 Å². The SMILES string of the molecule is CON(C)C(=O)Nc1ccc(Oc2ccc3c(c2)OC(C)(OC)CC3(C)C)cc1.Nc1c([N+](=O)[O-])ccc(Oc2ccccc2)c1Cl.O=C(O)CNCP(=O)(O)O. The zero-order chi connectivity index (χ0) is 42.6. The highest BCUT2D eigenvalue weighted by Crippen LogP contribution is 2.46. The van der Waals surface area contributed by atoms with Crippen LogP contribution in [0.5, 0.6) is 28.7 Å². The van der Waals surface area contributed by atoms with E-state index in [1.54, 1.807) is 55.6 Å². The number of nitro benzene ring substituents is 1. The molecule has 0 aliphatic carbocycles. The first kappa shape index (κ1) is 45.9. The number of halogens is 1. The highest BCUT2D eigenvalue weighted by Gasteiger charge is 2.42. The number of methoxy groups -OCH3 is 1. The summed E-state index contributed by atoms with van der Waals surface area (Å²) in [6.45, 7) is 5.87. The molecule has 5 rings (SSSR count). The summed E-state index contributed by atoms with van der Waals surface area (Å²) in [7, 11) is 0.517. The van der Waals surface area contributed by atoms with E-state index in [0.29, 0.717) is 22.9 Å². The Kier molecular flexibility index (Phi) is 16.2. The Balaban J connectivity index is 0.000000263.